The number of benzene rings is 1. The van der Waals surface area contributed by atoms with Gasteiger partial charge < -0.3 is 4.74 Å². The standard InChI is InChI=1S/C21H24FN3O/c1-2-3-16-12-24-21(25-13-16)17-6-4-15(5-7-17)14-26-19-9-8-18(11-23)20(22)10-19/h8-10,12-13,15,17H,2-7,14H2,1H3. The predicted octanol–water partition coefficient (Wildman–Crippen LogP) is 4.79. The lowest BCUT2D eigenvalue weighted by Gasteiger charge is -2.27. The lowest BCUT2D eigenvalue weighted by molar-refractivity contribution is 0.197. The molecule has 136 valence electrons. The van der Waals surface area contributed by atoms with Gasteiger partial charge in [-0.25, -0.2) is 14.4 Å². The first-order valence-electron chi connectivity index (χ1n) is 9.32. The molecule has 4 nitrogen and oxygen atoms in total. The van der Waals surface area contributed by atoms with Crippen molar-refractivity contribution in [2.24, 2.45) is 5.92 Å². The Balaban J connectivity index is 1.48. The van der Waals surface area contributed by atoms with Crippen molar-refractivity contribution in [3.63, 3.8) is 0 Å². The molecule has 1 aromatic heterocycles. The summed E-state index contributed by atoms with van der Waals surface area (Å²) in [5.41, 5.74) is 1.25. The molecule has 1 aliphatic carbocycles. The zero-order chi connectivity index (χ0) is 18.4. The van der Waals surface area contributed by atoms with E-state index in [4.69, 9.17) is 10.00 Å². The van der Waals surface area contributed by atoms with Crippen LogP contribution in [0.4, 0.5) is 4.39 Å². The number of nitriles is 1. The van der Waals surface area contributed by atoms with Gasteiger partial charge in [-0.1, -0.05) is 13.3 Å². The van der Waals surface area contributed by atoms with Gasteiger partial charge in [0.25, 0.3) is 0 Å². The molecular weight excluding hydrogens is 329 g/mol. The van der Waals surface area contributed by atoms with E-state index in [0.29, 0.717) is 24.2 Å². The van der Waals surface area contributed by atoms with Crippen LogP contribution in [0.5, 0.6) is 5.75 Å². The molecule has 0 aliphatic heterocycles. The minimum atomic E-state index is -0.530. The summed E-state index contributed by atoms with van der Waals surface area (Å²) in [5, 5.41) is 8.76. The molecule has 0 spiro atoms. The third-order valence-corrected chi connectivity index (χ3v) is 5.02. The highest BCUT2D eigenvalue weighted by Crippen LogP contribution is 2.34. The van der Waals surface area contributed by atoms with E-state index in [1.54, 1.807) is 6.07 Å². The summed E-state index contributed by atoms with van der Waals surface area (Å²) < 4.78 is 19.3. The maximum atomic E-state index is 13.6. The number of hydrogen-bond acceptors (Lipinski definition) is 4. The van der Waals surface area contributed by atoms with Crippen LogP contribution in [0.2, 0.25) is 0 Å². The molecule has 0 unspecified atom stereocenters. The van der Waals surface area contributed by atoms with Gasteiger partial charge in [-0.15, -0.1) is 0 Å². The van der Waals surface area contributed by atoms with E-state index in [1.807, 2.05) is 18.5 Å². The van der Waals surface area contributed by atoms with Gasteiger partial charge in [0, 0.05) is 24.4 Å². The second kappa shape index (κ2) is 8.75. The van der Waals surface area contributed by atoms with E-state index < -0.39 is 5.82 Å². The van der Waals surface area contributed by atoms with E-state index >= 15 is 0 Å². The average Bonchev–Trinajstić information content (AvgIpc) is 2.68. The monoisotopic (exact) mass is 353 g/mol. The molecule has 1 aromatic carbocycles. The lowest BCUT2D eigenvalue weighted by atomic mass is 9.82. The van der Waals surface area contributed by atoms with Crippen molar-refractivity contribution in [2.75, 3.05) is 6.61 Å². The van der Waals surface area contributed by atoms with Gasteiger partial charge in [-0.3, -0.25) is 0 Å². The minimum Gasteiger partial charge on any atom is -0.493 e. The molecule has 0 amide bonds. The van der Waals surface area contributed by atoms with Crippen LogP contribution in [-0.2, 0) is 6.42 Å². The molecule has 0 saturated heterocycles. The molecule has 26 heavy (non-hydrogen) atoms. The smallest absolute Gasteiger partial charge is 0.144 e. The summed E-state index contributed by atoms with van der Waals surface area (Å²) in [4.78, 5) is 9.11. The van der Waals surface area contributed by atoms with Crippen molar-refractivity contribution in [1.29, 1.82) is 5.26 Å². The highest BCUT2D eigenvalue weighted by molar-refractivity contribution is 5.36. The summed E-state index contributed by atoms with van der Waals surface area (Å²) in [5.74, 6) is 1.80. The van der Waals surface area contributed by atoms with Crippen molar-refractivity contribution in [1.82, 2.24) is 9.97 Å². The molecule has 3 rings (SSSR count). The van der Waals surface area contributed by atoms with Crippen molar-refractivity contribution in [3.05, 3.63) is 53.4 Å². The Morgan fingerprint density at radius 2 is 1.92 bits per heavy atom. The van der Waals surface area contributed by atoms with E-state index in [-0.39, 0.29) is 5.56 Å². The fourth-order valence-corrected chi connectivity index (χ4v) is 3.47. The Hall–Kier alpha value is -2.48. The van der Waals surface area contributed by atoms with Gasteiger partial charge in [-0.2, -0.15) is 5.26 Å². The van der Waals surface area contributed by atoms with Crippen LogP contribution in [0, 0.1) is 23.1 Å². The first kappa shape index (κ1) is 18.3. The third kappa shape index (κ3) is 4.57. The number of nitrogens with zero attached hydrogens (tertiary/aromatic N) is 3. The molecule has 1 fully saturated rings. The van der Waals surface area contributed by atoms with Crippen molar-refractivity contribution in [2.45, 2.75) is 51.4 Å². The molecule has 2 aromatic rings. The van der Waals surface area contributed by atoms with E-state index in [0.717, 1.165) is 44.3 Å². The molecule has 0 N–H and O–H groups in total. The number of aryl methyl sites for hydroxylation is 1. The summed E-state index contributed by atoms with van der Waals surface area (Å²) in [7, 11) is 0. The first-order valence-corrected chi connectivity index (χ1v) is 9.32. The van der Waals surface area contributed by atoms with E-state index in [2.05, 4.69) is 16.9 Å². The zero-order valence-corrected chi connectivity index (χ0v) is 15.1. The Kier molecular flexibility index (Phi) is 6.17. The van der Waals surface area contributed by atoms with Crippen LogP contribution in [0.25, 0.3) is 0 Å². The second-order valence-corrected chi connectivity index (χ2v) is 6.98. The Labute approximate surface area is 154 Å². The number of aromatic nitrogens is 2. The van der Waals surface area contributed by atoms with Crippen molar-refractivity contribution >= 4 is 0 Å². The fraction of sp³-hybridized carbons (Fsp3) is 0.476. The van der Waals surface area contributed by atoms with Gasteiger partial charge in [0.1, 0.15) is 23.5 Å². The average molecular weight is 353 g/mol. The maximum absolute atomic E-state index is 13.6. The Morgan fingerprint density at radius 3 is 2.54 bits per heavy atom. The van der Waals surface area contributed by atoms with Gasteiger partial charge in [0.05, 0.1) is 12.2 Å². The zero-order valence-electron chi connectivity index (χ0n) is 15.1. The molecular formula is C21H24FN3O. The van der Waals surface area contributed by atoms with Crippen molar-refractivity contribution < 1.29 is 9.13 Å². The molecule has 1 saturated carbocycles. The SMILES string of the molecule is CCCc1cnc(C2CCC(COc3ccc(C#N)c(F)c3)CC2)nc1. The van der Waals surface area contributed by atoms with Crippen LogP contribution < -0.4 is 4.74 Å². The summed E-state index contributed by atoms with van der Waals surface area (Å²) >= 11 is 0. The fourth-order valence-electron chi connectivity index (χ4n) is 3.47. The Morgan fingerprint density at radius 1 is 1.19 bits per heavy atom. The van der Waals surface area contributed by atoms with Gasteiger partial charge in [0.15, 0.2) is 0 Å². The summed E-state index contributed by atoms with van der Waals surface area (Å²) in [6, 6.07) is 6.22. The normalized spacial score (nSPS) is 19.7. The number of ether oxygens (including phenoxy) is 1. The van der Waals surface area contributed by atoms with Crippen LogP contribution in [-0.4, -0.2) is 16.6 Å². The topological polar surface area (TPSA) is 58.8 Å². The van der Waals surface area contributed by atoms with E-state index in [9.17, 15) is 4.39 Å². The molecule has 0 bridgehead atoms. The molecule has 1 heterocycles. The third-order valence-electron chi connectivity index (χ3n) is 5.02. The number of halogens is 1. The highest BCUT2D eigenvalue weighted by atomic mass is 19.1. The van der Waals surface area contributed by atoms with Crippen LogP contribution in [0.3, 0.4) is 0 Å². The second-order valence-electron chi connectivity index (χ2n) is 6.98. The first-order chi connectivity index (χ1) is 12.7. The van der Waals surface area contributed by atoms with Gasteiger partial charge >= 0.3 is 0 Å². The highest BCUT2D eigenvalue weighted by Gasteiger charge is 2.24. The lowest BCUT2D eigenvalue weighted by Crippen LogP contribution is -2.20. The molecule has 0 radical (unpaired) electrons. The van der Waals surface area contributed by atoms with E-state index in [1.165, 1.54) is 17.7 Å². The number of hydrogen-bond donors (Lipinski definition) is 0. The Bertz CT molecular complexity index is 762. The van der Waals surface area contributed by atoms with Gasteiger partial charge in [0.2, 0.25) is 0 Å². The quantitative estimate of drug-likeness (QED) is 0.749. The van der Waals surface area contributed by atoms with Crippen LogP contribution >= 0.6 is 0 Å². The number of rotatable bonds is 6. The van der Waals surface area contributed by atoms with Crippen molar-refractivity contribution in [3.8, 4) is 11.8 Å². The molecule has 5 heteroatoms. The van der Waals surface area contributed by atoms with Gasteiger partial charge in [-0.05, 0) is 55.7 Å². The summed E-state index contributed by atoms with van der Waals surface area (Å²) in [6.45, 7) is 2.73. The summed E-state index contributed by atoms with van der Waals surface area (Å²) in [6.07, 6.45) is 10.3. The minimum absolute atomic E-state index is 0.0443. The molecule has 0 atom stereocenters. The molecule has 1 aliphatic rings. The maximum Gasteiger partial charge on any atom is 0.144 e. The predicted molar refractivity (Wildman–Crippen MR) is 97.3 cm³/mol. The van der Waals surface area contributed by atoms with Crippen LogP contribution in [0.1, 0.15) is 61.9 Å². The van der Waals surface area contributed by atoms with Crippen LogP contribution in [0.15, 0.2) is 30.6 Å². The largest absolute Gasteiger partial charge is 0.493 e.